The van der Waals surface area contributed by atoms with Crippen molar-refractivity contribution in [3.05, 3.63) is 0 Å². The first-order valence-electron chi connectivity index (χ1n) is 6.92. The molecule has 0 aromatic heterocycles. The maximum absolute atomic E-state index is 3.64. The molecule has 3 nitrogen and oxygen atoms in total. The molecule has 1 saturated heterocycles. The minimum atomic E-state index is 0.656. The summed E-state index contributed by atoms with van der Waals surface area (Å²) in [6, 6.07) is 2.32. The van der Waals surface area contributed by atoms with E-state index in [9.17, 15) is 0 Å². The summed E-state index contributed by atoms with van der Waals surface area (Å²) in [4.78, 5) is 2.49. The van der Waals surface area contributed by atoms with Crippen molar-refractivity contribution in [1.82, 2.24) is 15.5 Å². The Kier molecular flexibility index (Phi) is 4.62. The van der Waals surface area contributed by atoms with Crippen LogP contribution in [-0.2, 0) is 0 Å². The van der Waals surface area contributed by atoms with E-state index >= 15 is 0 Å². The van der Waals surface area contributed by atoms with Gasteiger partial charge in [-0.3, -0.25) is 0 Å². The predicted molar refractivity (Wildman–Crippen MR) is 68.8 cm³/mol. The molecule has 0 amide bonds. The maximum Gasteiger partial charge on any atom is 0.0107 e. The highest BCUT2D eigenvalue weighted by molar-refractivity contribution is 4.83. The number of hydrogen-bond donors (Lipinski definition) is 2. The van der Waals surface area contributed by atoms with E-state index in [1.54, 1.807) is 0 Å². The molecule has 0 bridgehead atoms. The Bertz CT molecular complexity index is 197. The number of likely N-dealkylation sites (N-methyl/N-ethyl adjacent to an activating group) is 1. The average molecular weight is 225 g/mol. The number of hydrogen-bond acceptors (Lipinski definition) is 3. The molecular weight excluding hydrogens is 198 g/mol. The highest BCUT2D eigenvalue weighted by atomic mass is 15.2. The smallest absolute Gasteiger partial charge is 0.0107 e. The van der Waals surface area contributed by atoms with Crippen molar-refractivity contribution in [1.29, 1.82) is 0 Å². The van der Waals surface area contributed by atoms with Crippen molar-refractivity contribution in [2.24, 2.45) is 0 Å². The summed E-state index contributed by atoms with van der Waals surface area (Å²) in [6.45, 7) is 5.88. The van der Waals surface area contributed by atoms with Gasteiger partial charge in [0, 0.05) is 31.2 Å². The zero-order valence-corrected chi connectivity index (χ0v) is 10.8. The molecule has 1 aliphatic carbocycles. The minimum absolute atomic E-state index is 0.656. The van der Waals surface area contributed by atoms with E-state index in [1.807, 2.05) is 0 Å². The average Bonchev–Trinajstić information content (AvgIpc) is 2.99. The van der Waals surface area contributed by atoms with Crippen molar-refractivity contribution in [3.63, 3.8) is 0 Å². The molecule has 2 aliphatic rings. The molecule has 1 heterocycles. The molecule has 94 valence electrons. The summed E-state index contributed by atoms with van der Waals surface area (Å²) in [5.41, 5.74) is 0. The molecule has 0 aromatic rings. The molecule has 16 heavy (non-hydrogen) atoms. The summed E-state index contributed by atoms with van der Waals surface area (Å²) < 4.78 is 0. The van der Waals surface area contributed by atoms with E-state index in [0.29, 0.717) is 6.04 Å². The summed E-state index contributed by atoms with van der Waals surface area (Å²) in [6.07, 6.45) is 6.85. The van der Waals surface area contributed by atoms with Crippen molar-refractivity contribution in [3.8, 4) is 0 Å². The van der Waals surface area contributed by atoms with Crippen LogP contribution < -0.4 is 10.6 Å². The van der Waals surface area contributed by atoms with E-state index in [2.05, 4.69) is 29.5 Å². The van der Waals surface area contributed by atoms with Gasteiger partial charge in [0.1, 0.15) is 0 Å². The quantitative estimate of drug-likeness (QED) is 0.682. The third-order valence-electron chi connectivity index (χ3n) is 3.93. The first-order chi connectivity index (χ1) is 7.75. The van der Waals surface area contributed by atoms with Crippen LogP contribution in [-0.4, -0.2) is 49.7 Å². The number of nitrogens with one attached hydrogen (secondary N) is 2. The van der Waals surface area contributed by atoms with Crippen LogP contribution in [0.25, 0.3) is 0 Å². The molecule has 0 radical (unpaired) electrons. The topological polar surface area (TPSA) is 27.3 Å². The van der Waals surface area contributed by atoms with Gasteiger partial charge in [-0.2, -0.15) is 0 Å². The summed E-state index contributed by atoms with van der Waals surface area (Å²) in [7, 11) is 2.25. The predicted octanol–water partition coefficient (Wildman–Crippen LogP) is 1.20. The van der Waals surface area contributed by atoms with Gasteiger partial charge in [-0.1, -0.05) is 0 Å². The molecular formula is C13H27N3. The van der Waals surface area contributed by atoms with Crippen LogP contribution in [0, 0.1) is 0 Å². The second-order valence-corrected chi connectivity index (χ2v) is 5.60. The molecule has 3 heteroatoms. The second kappa shape index (κ2) is 5.99. The van der Waals surface area contributed by atoms with Gasteiger partial charge in [-0.05, 0) is 52.6 Å². The van der Waals surface area contributed by atoms with E-state index in [-0.39, 0.29) is 0 Å². The van der Waals surface area contributed by atoms with Crippen LogP contribution >= 0.6 is 0 Å². The van der Waals surface area contributed by atoms with Crippen molar-refractivity contribution in [2.75, 3.05) is 26.7 Å². The normalized spacial score (nSPS) is 27.6. The van der Waals surface area contributed by atoms with E-state index in [0.717, 1.165) is 18.6 Å². The van der Waals surface area contributed by atoms with E-state index in [1.165, 1.54) is 45.2 Å². The fourth-order valence-corrected chi connectivity index (χ4v) is 2.65. The fraction of sp³-hybridized carbons (Fsp3) is 1.00. The van der Waals surface area contributed by atoms with Gasteiger partial charge < -0.3 is 15.5 Å². The number of rotatable bonds is 7. The third-order valence-corrected chi connectivity index (χ3v) is 3.93. The lowest BCUT2D eigenvalue weighted by atomic mass is 10.1. The van der Waals surface area contributed by atoms with Crippen LogP contribution in [0.2, 0.25) is 0 Å². The molecule has 1 aliphatic heterocycles. The SMILES string of the molecule is CC(CC1CCCN1)NCCN(C)C1CC1. The number of nitrogens with zero attached hydrogens (tertiary/aromatic N) is 1. The van der Waals surface area contributed by atoms with Gasteiger partial charge in [-0.25, -0.2) is 0 Å². The monoisotopic (exact) mass is 225 g/mol. The van der Waals surface area contributed by atoms with Crippen molar-refractivity contribution < 1.29 is 0 Å². The minimum Gasteiger partial charge on any atom is -0.314 e. The lowest BCUT2D eigenvalue weighted by molar-refractivity contribution is 0.311. The van der Waals surface area contributed by atoms with Gasteiger partial charge in [-0.15, -0.1) is 0 Å². The fourth-order valence-electron chi connectivity index (χ4n) is 2.65. The molecule has 2 unspecified atom stereocenters. The van der Waals surface area contributed by atoms with Crippen LogP contribution in [0.1, 0.15) is 39.0 Å². The highest BCUT2D eigenvalue weighted by Crippen LogP contribution is 2.24. The van der Waals surface area contributed by atoms with E-state index in [4.69, 9.17) is 0 Å². The summed E-state index contributed by atoms with van der Waals surface area (Å²) in [5, 5.41) is 7.21. The summed E-state index contributed by atoms with van der Waals surface area (Å²) >= 11 is 0. The summed E-state index contributed by atoms with van der Waals surface area (Å²) in [5.74, 6) is 0. The maximum atomic E-state index is 3.64. The molecule has 2 N–H and O–H groups in total. The van der Waals surface area contributed by atoms with Gasteiger partial charge in [0.15, 0.2) is 0 Å². The molecule has 0 spiro atoms. The third kappa shape index (κ3) is 4.04. The Balaban J connectivity index is 1.50. The largest absolute Gasteiger partial charge is 0.314 e. The van der Waals surface area contributed by atoms with Gasteiger partial charge >= 0.3 is 0 Å². The van der Waals surface area contributed by atoms with E-state index < -0.39 is 0 Å². The Morgan fingerprint density at radius 3 is 2.81 bits per heavy atom. The zero-order valence-electron chi connectivity index (χ0n) is 10.8. The molecule has 1 saturated carbocycles. The van der Waals surface area contributed by atoms with Crippen LogP contribution in [0.4, 0.5) is 0 Å². The Hall–Kier alpha value is -0.120. The first-order valence-corrected chi connectivity index (χ1v) is 6.92. The van der Waals surface area contributed by atoms with Crippen molar-refractivity contribution >= 4 is 0 Å². The Labute approximate surface area is 100.0 Å². The lowest BCUT2D eigenvalue weighted by Crippen LogP contribution is -2.38. The Morgan fingerprint density at radius 2 is 2.19 bits per heavy atom. The van der Waals surface area contributed by atoms with Gasteiger partial charge in [0.05, 0.1) is 0 Å². The molecule has 2 fully saturated rings. The first kappa shape index (κ1) is 12.3. The lowest BCUT2D eigenvalue weighted by Gasteiger charge is -2.21. The van der Waals surface area contributed by atoms with Crippen LogP contribution in [0.5, 0.6) is 0 Å². The Morgan fingerprint density at radius 1 is 1.38 bits per heavy atom. The van der Waals surface area contributed by atoms with Gasteiger partial charge in [0.25, 0.3) is 0 Å². The standard InChI is InChI=1S/C13H27N3/c1-11(10-12-4-3-7-15-12)14-8-9-16(2)13-5-6-13/h11-15H,3-10H2,1-2H3. The molecule has 2 atom stereocenters. The van der Waals surface area contributed by atoms with Crippen LogP contribution in [0.15, 0.2) is 0 Å². The second-order valence-electron chi connectivity index (χ2n) is 5.60. The van der Waals surface area contributed by atoms with Gasteiger partial charge in [0.2, 0.25) is 0 Å². The highest BCUT2D eigenvalue weighted by Gasteiger charge is 2.25. The van der Waals surface area contributed by atoms with Crippen LogP contribution in [0.3, 0.4) is 0 Å². The van der Waals surface area contributed by atoms with Crippen molar-refractivity contribution in [2.45, 2.75) is 57.2 Å². The zero-order chi connectivity index (χ0) is 11.4. The molecule has 0 aromatic carbocycles. The molecule has 2 rings (SSSR count).